The molecule has 0 aliphatic carbocycles. The standard InChI is InChI=1S/C12H14N2O2/c1-2-6-15-10-5-3-4-9(7-10)11-8-12(13)14-16-11/h3-5,7-8H,2,6H2,1H3,(H2,13,14). The lowest BCUT2D eigenvalue weighted by atomic mass is 10.1. The van der Waals surface area contributed by atoms with E-state index in [0.717, 1.165) is 17.7 Å². The number of hydrogen-bond donors (Lipinski definition) is 1. The fraction of sp³-hybridized carbons (Fsp3) is 0.250. The van der Waals surface area contributed by atoms with Gasteiger partial charge in [0, 0.05) is 11.6 Å². The molecule has 4 nitrogen and oxygen atoms in total. The summed E-state index contributed by atoms with van der Waals surface area (Å²) in [5.41, 5.74) is 6.41. The number of ether oxygens (including phenoxy) is 1. The first kappa shape index (κ1) is 10.5. The summed E-state index contributed by atoms with van der Waals surface area (Å²) in [5, 5.41) is 3.65. The van der Waals surface area contributed by atoms with E-state index < -0.39 is 0 Å². The summed E-state index contributed by atoms with van der Waals surface area (Å²) in [7, 11) is 0. The van der Waals surface area contributed by atoms with Gasteiger partial charge in [-0.25, -0.2) is 0 Å². The van der Waals surface area contributed by atoms with Crippen molar-refractivity contribution in [1.82, 2.24) is 5.16 Å². The van der Waals surface area contributed by atoms with Crippen LogP contribution in [-0.2, 0) is 0 Å². The van der Waals surface area contributed by atoms with Crippen molar-refractivity contribution in [3.05, 3.63) is 30.3 Å². The van der Waals surface area contributed by atoms with Crippen molar-refractivity contribution in [2.75, 3.05) is 12.3 Å². The molecular weight excluding hydrogens is 204 g/mol. The molecule has 1 aromatic heterocycles. The Morgan fingerprint density at radius 3 is 2.94 bits per heavy atom. The smallest absolute Gasteiger partial charge is 0.169 e. The van der Waals surface area contributed by atoms with E-state index in [9.17, 15) is 0 Å². The lowest BCUT2D eigenvalue weighted by Crippen LogP contribution is -1.94. The van der Waals surface area contributed by atoms with Gasteiger partial charge >= 0.3 is 0 Å². The molecule has 0 spiro atoms. The summed E-state index contributed by atoms with van der Waals surface area (Å²) in [4.78, 5) is 0. The summed E-state index contributed by atoms with van der Waals surface area (Å²) in [6.45, 7) is 2.78. The van der Waals surface area contributed by atoms with Crippen LogP contribution >= 0.6 is 0 Å². The van der Waals surface area contributed by atoms with Crippen molar-refractivity contribution in [3.8, 4) is 17.1 Å². The van der Waals surface area contributed by atoms with E-state index in [4.69, 9.17) is 15.0 Å². The van der Waals surface area contributed by atoms with E-state index in [1.165, 1.54) is 0 Å². The minimum Gasteiger partial charge on any atom is -0.494 e. The van der Waals surface area contributed by atoms with Crippen LogP contribution in [0.4, 0.5) is 5.82 Å². The molecule has 0 amide bonds. The molecule has 0 saturated heterocycles. The number of nitrogens with two attached hydrogens (primary N) is 1. The largest absolute Gasteiger partial charge is 0.494 e. The molecule has 1 aromatic carbocycles. The topological polar surface area (TPSA) is 61.3 Å². The molecule has 0 unspecified atom stereocenters. The number of aromatic nitrogens is 1. The van der Waals surface area contributed by atoms with Crippen LogP contribution in [0.15, 0.2) is 34.9 Å². The Labute approximate surface area is 94.0 Å². The first-order valence-electron chi connectivity index (χ1n) is 5.25. The summed E-state index contributed by atoms with van der Waals surface area (Å²) in [6.07, 6.45) is 0.986. The third kappa shape index (κ3) is 2.34. The summed E-state index contributed by atoms with van der Waals surface area (Å²) >= 11 is 0. The average Bonchev–Trinajstić information content (AvgIpc) is 2.74. The van der Waals surface area contributed by atoms with Crippen molar-refractivity contribution in [2.24, 2.45) is 0 Å². The molecule has 16 heavy (non-hydrogen) atoms. The molecule has 0 aliphatic rings. The fourth-order valence-corrected chi connectivity index (χ4v) is 1.38. The van der Waals surface area contributed by atoms with Crippen LogP contribution in [-0.4, -0.2) is 11.8 Å². The highest BCUT2D eigenvalue weighted by Gasteiger charge is 2.05. The maximum atomic E-state index is 5.53. The van der Waals surface area contributed by atoms with Crippen molar-refractivity contribution in [2.45, 2.75) is 13.3 Å². The van der Waals surface area contributed by atoms with E-state index in [1.807, 2.05) is 24.3 Å². The molecule has 2 rings (SSSR count). The van der Waals surface area contributed by atoms with Gasteiger partial charge in [-0.2, -0.15) is 0 Å². The lowest BCUT2D eigenvalue weighted by Gasteiger charge is -2.04. The zero-order valence-corrected chi connectivity index (χ0v) is 9.14. The molecule has 1 heterocycles. The summed E-state index contributed by atoms with van der Waals surface area (Å²) < 4.78 is 10.6. The molecule has 0 saturated carbocycles. The van der Waals surface area contributed by atoms with Gasteiger partial charge in [-0.05, 0) is 18.6 Å². The lowest BCUT2D eigenvalue weighted by molar-refractivity contribution is 0.317. The Hall–Kier alpha value is -1.97. The Balaban J connectivity index is 2.22. The van der Waals surface area contributed by atoms with Crippen molar-refractivity contribution in [1.29, 1.82) is 0 Å². The second kappa shape index (κ2) is 4.70. The van der Waals surface area contributed by atoms with Gasteiger partial charge in [-0.1, -0.05) is 24.2 Å². The molecule has 0 radical (unpaired) electrons. The predicted octanol–water partition coefficient (Wildman–Crippen LogP) is 2.71. The van der Waals surface area contributed by atoms with E-state index in [2.05, 4.69) is 12.1 Å². The van der Waals surface area contributed by atoms with Crippen LogP contribution < -0.4 is 10.5 Å². The third-order valence-corrected chi connectivity index (χ3v) is 2.12. The molecular formula is C12H14N2O2. The molecule has 84 valence electrons. The predicted molar refractivity (Wildman–Crippen MR) is 62.1 cm³/mol. The Kier molecular flexibility index (Phi) is 3.10. The number of rotatable bonds is 4. The minimum atomic E-state index is 0.384. The molecule has 2 N–H and O–H groups in total. The van der Waals surface area contributed by atoms with Crippen LogP contribution in [0.1, 0.15) is 13.3 Å². The van der Waals surface area contributed by atoms with Crippen molar-refractivity contribution >= 4 is 5.82 Å². The normalized spacial score (nSPS) is 10.3. The van der Waals surface area contributed by atoms with Gasteiger partial charge in [0.25, 0.3) is 0 Å². The second-order valence-corrected chi connectivity index (χ2v) is 3.49. The van der Waals surface area contributed by atoms with E-state index in [0.29, 0.717) is 18.2 Å². The van der Waals surface area contributed by atoms with Gasteiger partial charge in [0.2, 0.25) is 0 Å². The van der Waals surface area contributed by atoms with Crippen LogP contribution in [0, 0.1) is 0 Å². The average molecular weight is 218 g/mol. The Bertz CT molecular complexity index is 466. The minimum absolute atomic E-state index is 0.384. The second-order valence-electron chi connectivity index (χ2n) is 3.49. The van der Waals surface area contributed by atoms with Crippen LogP contribution in [0.25, 0.3) is 11.3 Å². The number of anilines is 1. The summed E-state index contributed by atoms with van der Waals surface area (Å²) in [5.74, 6) is 1.86. The molecule has 0 bridgehead atoms. The molecule has 4 heteroatoms. The van der Waals surface area contributed by atoms with Crippen molar-refractivity contribution < 1.29 is 9.26 Å². The highest BCUT2D eigenvalue weighted by molar-refractivity contribution is 5.61. The highest BCUT2D eigenvalue weighted by atomic mass is 16.5. The van der Waals surface area contributed by atoms with Gasteiger partial charge in [0.1, 0.15) is 5.75 Å². The quantitative estimate of drug-likeness (QED) is 0.857. The zero-order chi connectivity index (χ0) is 11.4. The van der Waals surface area contributed by atoms with Gasteiger partial charge < -0.3 is 15.0 Å². The SMILES string of the molecule is CCCOc1cccc(-c2cc(N)no2)c1. The summed E-state index contributed by atoms with van der Waals surface area (Å²) in [6, 6.07) is 9.37. The Morgan fingerprint density at radius 2 is 2.25 bits per heavy atom. The molecule has 0 fully saturated rings. The van der Waals surface area contributed by atoms with Crippen LogP contribution in [0.2, 0.25) is 0 Å². The monoisotopic (exact) mass is 218 g/mol. The third-order valence-electron chi connectivity index (χ3n) is 2.12. The maximum Gasteiger partial charge on any atom is 0.169 e. The van der Waals surface area contributed by atoms with E-state index >= 15 is 0 Å². The first-order chi connectivity index (χ1) is 7.79. The van der Waals surface area contributed by atoms with Crippen LogP contribution in [0.3, 0.4) is 0 Å². The Morgan fingerprint density at radius 1 is 1.38 bits per heavy atom. The number of nitrogens with zero attached hydrogens (tertiary/aromatic N) is 1. The highest BCUT2D eigenvalue weighted by Crippen LogP contribution is 2.25. The zero-order valence-electron chi connectivity index (χ0n) is 9.14. The number of nitrogen functional groups attached to an aromatic ring is 1. The molecule has 0 aliphatic heterocycles. The van der Waals surface area contributed by atoms with Crippen molar-refractivity contribution in [3.63, 3.8) is 0 Å². The maximum absolute atomic E-state index is 5.53. The van der Waals surface area contributed by atoms with Crippen LogP contribution in [0.5, 0.6) is 5.75 Å². The first-order valence-corrected chi connectivity index (χ1v) is 5.25. The van der Waals surface area contributed by atoms with Gasteiger partial charge in [-0.3, -0.25) is 0 Å². The van der Waals surface area contributed by atoms with Gasteiger partial charge in [0.05, 0.1) is 6.61 Å². The fourth-order valence-electron chi connectivity index (χ4n) is 1.38. The molecule has 2 aromatic rings. The van der Waals surface area contributed by atoms with Gasteiger partial charge in [0.15, 0.2) is 11.6 Å². The number of benzene rings is 1. The number of hydrogen-bond acceptors (Lipinski definition) is 4. The van der Waals surface area contributed by atoms with Gasteiger partial charge in [-0.15, -0.1) is 0 Å². The van der Waals surface area contributed by atoms with E-state index in [-0.39, 0.29) is 0 Å². The molecule has 0 atom stereocenters. The van der Waals surface area contributed by atoms with E-state index in [1.54, 1.807) is 6.07 Å².